The fourth-order valence-electron chi connectivity index (χ4n) is 7.49. The minimum atomic E-state index is -6.15. The van der Waals surface area contributed by atoms with Gasteiger partial charge in [-0.25, -0.2) is 26.4 Å². The summed E-state index contributed by atoms with van der Waals surface area (Å²) < 4.78 is 103. The molecule has 5 aromatic rings. The molecule has 1 saturated heterocycles. The molecule has 0 unspecified atom stereocenters. The number of rotatable bonds is 16. The Kier molecular flexibility index (Phi) is 16.3. The lowest BCUT2D eigenvalue weighted by Crippen LogP contribution is -2.37. The van der Waals surface area contributed by atoms with Crippen molar-refractivity contribution in [3.63, 3.8) is 0 Å². The topological polar surface area (TPSA) is 162 Å². The van der Waals surface area contributed by atoms with Crippen molar-refractivity contribution in [3.8, 4) is 11.1 Å². The molecule has 0 bridgehead atoms. The molecule has 67 heavy (non-hydrogen) atoms. The van der Waals surface area contributed by atoms with Crippen molar-refractivity contribution in [1.29, 1.82) is 0 Å². The van der Waals surface area contributed by atoms with Crippen LogP contribution in [0, 0.1) is 5.92 Å². The zero-order chi connectivity index (χ0) is 48.7. The molecule has 1 aliphatic heterocycles. The third-order valence-electron chi connectivity index (χ3n) is 11.1. The number of nitrogens with one attached hydrogen (secondary N) is 2. The Morgan fingerprint density at radius 1 is 0.881 bits per heavy atom. The van der Waals surface area contributed by atoms with Crippen molar-refractivity contribution in [3.05, 3.63) is 137 Å². The lowest BCUT2D eigenvalue weighted by Gasteiger charge is -2.36. The number of carbonyl (C=O) groups is 2. The molecular weight excluding hydrogens is 949 g/mol. The highest BCUT2D eigenvalue weighted by atomic mass is 35.5. The van der Waals surface area contributed by atoms with Gasteiger partial charge in [0.2, 0.25) is 0 Å². The standard InChI is InChI=1S/C48H52ClF3N4O8S3/c1-47(2,3)64-46(59)55(4)27-26-36(31-65-38-10-6-5-7-11-38)53-42-23-22-39(30-43(42)66(60,61)48(50,51)52)67(62,63)54-45(58)34-16-20-37(21-17-34)56-28-24-33(25-29-56)44(57)41-13-9-8-12-40(41)32-14-18-35(49)19-15-32/h5-23,30,33,36,44,53,57H,24-29,31H2,1-4H3,(H,54,58)/t36-,44+/m1/s1. The molecule has 3 N–H and O–H groups in total. The number of ether oxygens (including phenoxy) is 1. The molecule has 0 saturated carbocycles. The summed E-state index contributed by atoms with van der Waals surface area (Å²) in [7, 11) is -9.59. The van der Waals surface area contributed by atoms with Gasteiger partial charge in [-0.3, -0.25) is 4.79 Å². The van der Waals surface area contributed by atoms with E-state index in [9.17, 15) is 44.7 Å². The van der Waals surface area contributed by atoms with Crippen molar-refractivity contribution >= 4 is 66.6 Å². The lowest BCUT2D eigenvalue weighted by molar-refractivity contribution is -0.0436. The molecule has 1 fully saturated rings. The Balaban J connectivity index is 1.15. The zero-order valence-electron chi connectivity index (χ0n) is 37.2. The molecule has 19 heteroatoms. The number of halogens is 4. The summed E-state index contributed by atoms with van der Waals surface area (Å²) >= 11 is 7.43. The number of aliphatic hydroxyl groups is 1. The van der Waals surface area contributed by atoms with Crippen molar-refractivity contribution in [2.24, 2.45) is 5.92 Å². The zero-order valence-corrected chi connectivity index (χ0v) is 40.4. The molecular formula is C48H52ClF3N4O8S3. The van der Waals surface area contributed by atoms with E-state index in [0.29, 0.717) is 37.0 Å². The first-order chi connectivity index (χ1) is 31.5. The number of piperidine rings is 1. The maximum Gasteiger partial charge on any atom is 0.501 e. The molecule has 6 rings (SSSR count). The van der Waals surface area contributed by atoms with Gasteiger partial charge in [0.15, 0.2) is 0 Å². The van der Waals surface area contributed by atoms with Gasteiger partial charge in [0.05, 0.1) is 16.7 Å². The van der Waals surface area contributed by atoms with Crippen LogP contribution in [0.3, 0.4) is 0 Å². The number of alkyl halides is 3. The summed E-state index contributed by atoms with van der Waals surface area (Å²) in [5.74, 6) is -0.925. The van der Waals surface area contributed by atoms with E-state index in [1.165, 1.54) is 35.8 Å². The number of carbonyl (C=O) groups excluding carboxylic acids is 2. The molecule has 2 atom stereocenters. The first-order valence-corrected chi connectivity index (χ1v) is 25.6. The van der Waals surface area contributed by atoms with E-state index in [1.54, 1.807) is 57.2 Å². The van der Waals surface area contributed by atoms with Gasteiger partial charge in [-0.15, -0.1) is 11.8 Å². The fourth-order valence-corrected chi connectivity index (χ4v) is 10.6. The van der Waals surface area contributed by atoms with Crippen LogP contribution in [0.1, 0.15) is 62.1 Å². The van der Waals surface area contributed by atoms with Crippen molar-refractivity contribution in [2.45, 2.75) is 78.0 Å². The van der Waals surface area contributed by atoms with E-state index in [0.717, 1.165) is 39.4 Å². The summed E-state index contributed by atoms with van der Waals surface area (Å²) in [6.45, 7) is 6.33. The molecule has 2 amide bonds. The van der Waals surface area contributed by atoms with Gasteiger partial charge in [-0.2, -0.15) is 13.2 Å². The van der Waals surface area contributed by atoms with Gasteiger partial charge in [-0.05, 0) is 129 Å². The number of thioether (sulfide) groups is 1. The third kappa shape index (κ3) is 13.3. The molecule has 1 aliphatic rings. The quantitative estimate of drug-likeness (QED) is 0.0807. The van der Waals surface area contributed by atoms with Crippen LogP contribution in [0.15, 0.2) is 136 Å². The SMILES string of the molecule is CN(CC[C@H](CSc1ccccc1)Nc1ccc(S(=O)(=O)NC(=O)c2ccc(N3CCC([C@H](O)c4ccccc4-c4ccc(Cl)cc4)CC3)cc2)cc1S(=O)(=O)C(F)(F)F)C(=O)OC(C)(C)C. The monoisotopic (exact) mass is 1000 g/mol. The van der Waals surface area contributed by atoms with Crippen LogP contribution < -0.4 is 14.9 Å². The van der Waals surface area contributed by atoms with E-state index in [1.807, 2.05) is 59.3 Å². The van der Waals surface area contributed by atoms with Crippen molar-refractivity contribution in [1.82, 2.24) is 9.62 Å². The molecule has 0 spiro atoms. The summed E-state index contributed by atoms with van der Waals surface area (Å²) in [6.07, 6.45) is 0.0882. The van der Waals surface area contributed by atoms with Crippen LogP contribution >= 0.6 is 23.4 Å². The Morgan fingerprint density at radius 2 is 1.51 bits per heavy atom. The van der Waals surface area contributed by atoms with Crippen LogP contribution in [0.5, 0.6) is 0 Å². The number of aliphatic hydroxyl groups excluding tert-OH is 1. The maximum atomic E-state index is 14.2. The summed E-state index contributed by atoms with van der Waals surface area (Å²) in [5.41, 5.74) is -3.79. The molecule has 0 aromatic heterocycles. The van der Waals surface area contributed by atoms with E-state index < -0.39 is 70.6 Å². The second-order valence-electron chi connectivity index (χ2n) is 17.1. The van der Waals surface area contributed by atoms with Gasteiger partial charge in [0.25, 0.3) is 25.8 Å². The lowest BCUT2D eigenvalue weighted by atomic mass is 9.84. The fraction of sp³-hybridized carbons (Fsp3) is 0.333. The average Bonchev–Trinajstić information content (AvgIpc) is 3.29. The van der Waals surface area contributed by atoms with Gasteiger partial charge >= 0.3 is 11.6 Å². The average molecular weight is 1000 g/mol. The second kappa shape index (κ2) is 21.4. The number of hydrogen-bond acceptors (Lipinski definition) is 11. The Bertz CT molecular complexity index is 2730. The third-order valence-corrected chi connectivity index (χ3v) is 15.4. The van der Waals surface area contributed by atoms with Crippen LogP contribution in [-0.4, -0.2) is 88.4 Å². The van der Waals surface area contributed by atoms with E-state index in [2.05, 4.69) is 10.2 Å². The number of hydrogen-bond donors (Lipinski definition) is 3. The normalized spacial score (nSPS) is 14.8. The molecule has 12 nitrogen and oxygen atoms in total. The van der Waals surface area contributed by atoms with E-state index in [4.69, 9.17) is 16.3 Å². The van der Waals surface area contributed by atoms with Crippen molar-refractivity contribution in [2.75, 3.05) is 42.7 Å². The van der Waals surface area contributed by atoms with Crippen LogP contribution in [0.25, 0.3) is 11.1 Å². The van der Waals surface area contributed by atoms with Crippen LogP contribution in [0.2, 0.25) is 5.02 Å². The highest BCUT2D eigenvalue weighted by Gasteiger charge is 2.48. The largest absolute Gasteiger partial charge is 0.501 e. The first kappa shape index (κ1) is 51.1. The smallest absolute Gasteiger partial charge is 0.444 e. The second-order valence-corrected chi connectivity index (χ2v) is 22.2. The molecule has 0 radical (unpaired) electrons. The van der Waals surface area contributed by atoms with Gasteiger partial charge in [0, 0.05) is 59.6 Å². The number of benzene rings is 5. The summed E-state index contributed by atoms with van der Waals surface area (Å²) in [6, 6.07) is 31.7. The van der Waals surface area contributed by atoms with Gasteiger partial charge in [-0.1, -0.05) is 66.2 Å². The highest BCUT2D eigenvalue weighted by molar-refractivity contribution is 7.99. The number of amides is 2. The number of sulfone groups is 1. The number of nitrogens with zero attached hydrogens (tertiary/aromatic N) is 2. The van der Waals surface area contributed by atoms with E-state index in [-0.39, 0.29) is 30.2 Å². The van der Waals surface area contributed by atoms with E-state index >= 15 is 0 Å². The Labute approximate surface area is 398 Å². The van der Waals surface area contributed by atoms with Gasteiger partial charge < -0.3 is 25.0 Å². The molecule has 1 heterocycles. The molecule has 0 aliphatic carbocycles. The predicted octanol–water partition coefficient (Wildman–Crippen LogP) is 10.2. The molecule has 358 valence electrons. The number of anilines is 2. The highest BCUT2D eigenvalue weighted by Crippen LogP contribution is 2.39. The van der Waals surface area contributed by atoms with Crippen LogP contribution in [0.4, 0.5) is 29.3 Å². The van der Waals surface area contributed by atoms with Crippen LogP contribution in [-0.2, 0) is 24.6 Å². The van der Waals surface area contributed by atoms with Gasteiger partial charge in [0.1, 0.15) is 10.5 Å². The first-order valence-electron chi connectivity index (χ1n) is 21.3. The van der Waals surface area contributed by atoms with Crippen molar-refractivity contribution < 1.29 is 49.4 Å². The minimum absolute atomic E-state index is 0.0330. The summed E-state index contributed by atoms with van der Waals surface area (Å²) in [4.78, 5) is 27.9. The number of sulfonamides is 1. The minimum Gasteiger partial charge on any atom is -0.444 e. The maximum absolute atomic E-state index is 14.2. The Morgan fingerprint density at radius 3 is 2.13 bits per heavy atom. The predicted molar refractivity (Wildman–Crippen MR) is 256 cm³/mol. The summed E-state index contributed by atoms with van der Waals surface area (Å²) in [5, 5.41) is 15.0. The molecule has 5 aromatic carbocycles. The Hall–Kier alpha value is -5.27.